The van der Waals surface area contributed by atoms with Crippen LogP contribution in [0.5, 0.6) is 0 Å². The molecule has 0 saturated carbocycles. The van der Waals surface area contributed by atoms with Crippen molar-refractivity contribution in [1.29, 1.82) is 0 Å². The fourth-order valence-electron chi connectivity index (χ4n) is 2.03. The van der Waals surface area contributed by atoms with Crippen LogP contribution in [0.2, 0.25) is 0 Å². The standard InChI is InChI=1S/C11H18N4/c1-8(2)9-4-6-15(7-9)11-13-5-3-10(12)14-11/h3,5,8-9H,4,6-7H2,1-2H3,(H2,12,13,14). The highest BCUT2D eigenvalue weighted by Gasteiger charge is 2.26. The Kier molecular flexibility index (Phi) is 2.75. The summed E-state index contributed by atoms with van der Waals surface area (Å²) in [5, 5.41) is 0. The molecule has 2 N–H and O–H groups in total. The van der Waals surface area contributed by atoms with Gasteiger partial charge >= 0.3 is 0 Å². The number of anilines is 2. The summed E-state index contributed by atoms with van der Waals surface area (Å²) < 4.78 is 0. The zero-order valence-electron chi connectivity index (χ0n) is 9.35. The normalized spacial score (nSPS) is 21.3. The van der Waals surface area contributed by atoms with Crippen molar-refractivity contribution in [3.63, 3.8) is 0 Å². The van der Waals surface area contributed by atoms with Crippen molar-refractivity contribution in [3.8, 4) is 0 Å². The monoisotopic (exact) mass is 206 g/mol. The molecule has 1 aromatic rings. The third-order valence-electron chi connectivity index (χ3n) is 3.11. The predicted octanol–water partition coefficient (Wildman–Crippen LogP) is 1.54. The van der Waals surface area contributed by atoms with Gasteiger partial charge in [0.1, 0.15) is 5.82 Å². The second-order valence-corrected chi connectivity index (χ2v) is 4.52. The first-order valence-corrected chi connectivity index (χ1v) is 5.50. The van der Waals surface area contributed by atoms with Crippen LogP contribution in [0.3, 0.4) is 0 Å². The summed E-state index contributed by atoms with van der Waals surface area (Å²) >= 11 is 0. The largest absolute Gasteiger partial charge is 0.384 e. The van der Waals surface area contributed by atoms with E-state index in [4.69, 9.17) is 5.73 Å². The lowest BCUT2D eigenvalue weighted by Crippen LogP contribution is -2.23. The molecule has 0 spiro atoms. The Morgan fingerprint density at radius 1 is 1.53 bits per heavy atom. The summed E-state index contributed by atoms with van der Waals surface area (Å²) in [5.74, 6) is 2.82. The van der Waals surface area contributed by atoms with Crippen molar-refractivity contribution in [2.45, 2.75) is 20.3 Å². The molecule has 1 aromatic heterocycles. The molecule has 1 aliphatic heterocycles. The number of nitrogen functional groups attached to an aromatic ring is 1. The minimum atomic E-state index is 0.549. The van der Waals surface area contributed by atoms with Gasteiger partial charge in [0.25, 0.3) is 0 Å². The molecule has 82 valence electrons. The van der Waals surface area contributed by atoms with Crippen molar-refractivity contribution >= 4 is 11.8 Å². The molecule has 2 rings (SSSR count). The Bertz CT molecular complexity index is 337. The molecule has 1 aliphatic rings. The number of hydrogen-bond donors (Lipinski definition) is 1. The molecular formula is C11H18N4. The highest BCUT2D eigenvalue weighted by molar-refractivity contribution is 5.38. The third-order valence-corrected chi connectivity index (χ3v) is 3.11. The number of rotatable bonds is 2. The molecule has 0 radical (unpaired) electrons. The zero-order chi connectivity index (χ0) is 10.8. The van der Waals surface area contributed by atoms with Gasteiger partial charge in [-0.15, -0.1) is 0 Å². The van der Waals surface area contributed by atoms with Crippen LogP contribution >= 0.6 is 0 Å². The van der Waals surface area contributed by atoms with Crippen LogP contribution in [0.15, 0.2) is 12.3 Å². The Morgan fingerprint density at radius 3 is 2.93 bits per heavy atom. The molecule has 0 aliphatic carbocycles. The van der Waals surface area contributed by atoms with E-state index in [1.54, 1.807) is 12.3 Å². The molecule has 1 unspecified atom stereocenters. The SMILES string of the molecule is CC(C)C1CCN(c2nccc(N)n2)C1. The first kappa shape index (κ1) is 10.2. The van der Waals surface area contributed by atoms with Crippen molar-refractivity contribution in [1.82, 2.24) is 9.97 Å². The van der Waals surface area contributed by atoms with Gasteiger partial charge in [-0.3, -0.25) is 0 Å². The molecular weight excluding hydrogens is 188 g/mol. The maximum absolute atomic E-state index is 5.64. The average molecular weight is 206 g/mol. The van der Waals surface area contributed by atoms with Crippen molar-refractivity contribution in [3.05, 3.63) is 12.3 Å². The van der Waals surface area contributed by atoms with E-state index in [1.165, 1.54) is 6.42 Å². The van der Waals surface area contributed by atoms with Crippen LogP contribution in [0.1, 0.15) is 20.3 Å². The van der Waals surface area contributed by atoms with E-state index in [-0.39, 0.29) is 0 Å². The molecule has 0 aromatic carbocycles. The smallest absolute Gasteiger partial charge is 0.227 e. The summed E-state index contributed by atoms with van der Waals surface area (Å²) in [6.07, 6.45) is 2.95. The van der Waals surface area contributed by atoms with Gasteiger partial charge in [0.05, 0.1) is 0 Å². The lowest BCUT2D eigenvalue weighted by atomic mass is 9.95. The topological polar surface area (TPSA) is 55.0 Å². The average Bonchev–Trinajstić information content (AvgIpc) is 2.66. The molecule has 1 atom stereocenters. The molecule has 4 nitrogen and oxygen atoms in total. The van der Waals surface area contributed by atoms with E-state index < -0.39 is 0 Å². The second kappa shape index (κ2) is 4.04. The summed E-state index contributed by atoms with van der Waals surface area (Å²) in [5.41, 5.74) is 5.64. The summed E-state index contributed by atoms with van der Waals surface area (Å²) in [6.45, 7) is 6.65. The predicted molar refractivity (Wildman–Crippen MR) is 61.6 cm³/mol. The van der Waals surface area contributed by atoms with Crippen LogP contribution in [0.25, 0.3) is 0 Å². The first-order valence-electron chi connectivity index (χ1n) is 5.50. The zero-order valence-corrected chi connectivity index (χ0v) is 9.35. The van der Waals surface area contributed by atoms with Crippen molar-refractivity contribution in [2.24, 2.45) is 11.8 Å². The van der Waals surface area contributed by atoms with Crippen LogP contribution in [0, 0.1) is 11.8 Å². The third kappa shape index (κ3) is 2.19. The van der Waals surface area contributed by atoms with Crippen LogP contribution < -0.4 is 10.6 Å². The van der Waals surface area contributed by atoms with E-state index in [9.17, 15) is 0 Å². The first-order chi connectivity index (χ1) is 7.16. The minimum absolute atomic E-state index is 0.549. The second-order valence-electron chi connectivity index (χ2n) is 4.52. The maximum atomic E-state index is 5.64. The van der Waals surface area contributed by atoms with Gasteiger partial charge in [0, 0.05) is 19.3 Å². The van der Waals surface area contributed by atoms with Gasteiger partial charge in [0.2, 0.25) is 5.95 Å². The number of nitrogens with two attached hydrogens (primary N) is 1. The van der Waals surface area contributed by atoms with Crippen molar-refractivity contribution in [2.75, 3.05) is 23.7 Å². The van der Waals surface area contributed by atoms with Crippen molar-refractivity contribution < 1.29 is 0 Å². The fraction of sp³-hybridized carbons (Fsp3) is 0.636. The Labute approximate surface area is 90.5 Å². The van der Waals surface area contributed by atoms with Gasteiger partial charge in [-0.05, 0) is 24.3 Å². The fourth-order valence-corrected chi connectivity index (χ4v) is 2.03. The van der Waals surface area contributed by atoms with E-state index >= 15 is 0 Å². The van der Waals surface area contributed by atoms with E-state index in [0.29, 0.717) is 5.82 Å². The molecule has 15 heavy (non-hydrogen) atoms. The van der Waals surface area contributed by atoms with Crippen LogP contribution in [-0.4, -0.2) is 23.1 Å². The van der Waals surface area contributed by atoms with E-state index in [0.717, 1.165) is 30.9 Å². The van der Waals surface area contributed by atoms with Gasteiger partial charge in [-0.25, -0.2) is 4.98 Å². The molecule has 1 fully saturated rings. The Balaban J connectivity index is 2.08. The van der Waals surface area contributed by atoms with E-state index in [2.05, 4.69) is 28.7 Å². The number of aromatic nitrogens is 2. The Morgan fingerprint density at radius 2 is 2.33 bits per heavy atom. The number of hydrogen-bond acceptors (Lipinski definition) is 4. The van der Waals surface area contributed by atoms with Crippen LogP contribution in [0.4, 0.5) is 11.8 Å². The molecule has 1 saturated heterocycles. The highest BCUT2D eigenvalue weighted by atomic mass is 15.3. The van der Waals surface area contributed by atoms with Crippen LogP contribution in [-0.2, 0) is 0 Å². The number of nitrogens with zero attached hydrogens (tertiary/aromatic N) is 3. The highest BCUT2D eigenvalue weighted by Crippen LogP contribution is 2.26. The van der Waals surface area contributed by atoms with Gasteiger partial charge in [0.15, 0.2) is 0 Å². The lowest BCUT2D eigenvalue weighted by molar-refractivity contribution is 0.422. The lowest BCUT2D eigenvalue weighted by Gasteiger charge is -2.17. The summed E-state index contributed by atoms with van der Waals surface area (Å²) in [4.78, 5) is 10.7. The summed E-state index contributed by atoms with van der Waals surface area (Å²) in [7, 11) is 0. The van der Waals surface area contributed by atoms with Gasteiger partial charge < -0.3 is 10.6 Å². The minimum Gasteiger partial charge on any atom is -0.384 e. The van der Waals surface area contributed by atoms with Gasteiger partial charge in [-0.2, -0.15) is 4.98 Å². The molecule has 4 heteroatoms. The molecule has 2 heterocycles. The Hall–Kier alpha value is -1.32. The van der Waals surface area contributed by atoms with E-state index in [1.807, 2.05) is 0 Å². The molecule has 0 bridgehead atoms. The maximum Gasteiger partial charge on any atom is 0.227 e. The van der Waals surface area contributed by atoms with Gasteiger partial charge in [-0.1, -0.05) is 13.8 Å². The summed E-state index contributed by atoms with van der Waals surface area (Å²) in [6, 6.07) is 1.72. The quantitative estimate of drug-likeness (QED) is 0.797. The molecule has 0 amide bonds.